The van der Waals surface area contributed by atoms with E-state index in [9.17, 15) is 54.3 Å². The number of aliphatic hydroxyl groups excluding tert-OH is 2. The number of aliphatic hydroxyl groups is 2. The van der Waals surface area contributed by atoms with E-state index in [0.29, 0.717) is 58.9 Å². The number of nitrogens with one attached hydrogen (secondary N) is 1. The Morgan fingerprint density at radius 3 is 1.05 bits per heavy atom. The maximum atomic E-state index is 13.6. The highest BCUT2D eigenvalue weighted by atomic mass is 35.6. The molecule has 2 saturated heterocycles. The zero-order chi connectivity index (χ0) is 106. The summed E-state index contributed by atoms with van der Waals surface area (Å²) in [6.07, 6.45) is 2.03. The highest BCUT2D eigenvalue weighted by Crippen LogP contribution is 2.28. The van der Waals surface area contributed by atoms with Gasteiger partial charge in [-0.15, -0.1) is 0 Å². The van der Waals surface area contributed by atoms with Crippen molar-refractivity contribution in [3.63, 3.8) is 0 Å². The second-order valence-corrected chi connectivity index (χ2v) is 41.2. The van der Waals surface area contributed by atoms with Crippen molar-refractivity contribution >= 4 is 47.9 Å². The SMILES string of the molecule is CCN(C#N)CC.CCN(CC)CC.C[Si](C)(C)Cl.N/C(=N\O)c1cccc(Cn2nc(-c3cc(F)cc(F)c3)ccc2=O)c1.Nc1nc(-c2cccc(Cn3nc(-c4cc(F)cc(F)c4)ccc3=O)c2)no1.O=c1ccc(-c2cc(F)cc(F)c2)nn1Cc1cccc(-c2noc(Cl)n2)c1.O=c1ccc(-c2cc(F)cc(F)c2)nn1Cc1cccc(-c2noc(N3CCN(CCO)CC3)n2)c1.OCCN1CCNCC1. The van der Waals surface area contributed by atoms with Crippen molar-refractivity contribution in [3.8, 4) is 85.4 Å². The summed E-state index contributed by atoms with van der Waals surface area (Å²) in [6, 6.07) is 51.9. The van der Waals surface area contributed by atoms with Crippen LogP contribution in [0.1, 0.15) is 62.4 Å². The van der Waals surface area contributed by atoms with Crippen LogP contribution in [0, 0.1) is 58.0 Å². The number of benzene rings is 8. The molecule has 0 spiro atoms. The van der Waals surface area contributed by atoms with Crippen molar-refractivity contribution in [2.24, 2.45) is 10.9 Å². The van der Waals surface area contributed by atoms with E-state index in [1.165, 1.54) is 99.0 Å². The first-order valence-electron chi connectivity index (χ1n) is 46.2. The van der Waals surface area contributed by atoms with Crippen molar-refractivity contribution in [2.75, 3.05) is 122 Å². The van der Waals surface area contributed by atoms with Crippen LogP contribution in [0.5, 0.6) is 0 Å². The average Bonchev–Trinajstić information content (AvgIpc) is 1.50. The lowest BCUT2D eigenvalue weighted by atomic mass is 10.1. The predicted octanol–water partition coefficient (Wildman–Crippen LogP) is 14.6. The number of hydrogen-bond donors (Lipinski definition) is 6. The third kappa shape index (κ3) is 36.0. The zero-order valence-corrected chi connectivity index (χ0v) is 83.7. The van der Waals surface area contributed by atoms with Gasteiger partial charge in [0, 0.05) is 172 Å². The first-order chi connectivity index (χ1) is 70.0. The molecule has 17 rings (SSSR count). The van der Waals surface area contributed by atoms with E-state index in [2.05, 4.69) is 116 Å². The molecule has 0 amide bonds. The summed E-state index contributed by atoms with van der Waals surface area (Å²) in [5.74, 6) is -4.78. The van der Waals surface area contributed by atoms with E-state index < -0.39 is 53.9 Å². The van der Waals surface area contributed by atoms with E-state index >= 15 is 0 Å². The number of nitrogens with zero attached hydrogens (tertiary/aromatic N) is 21. The van der Waals surface area contributed by atoms with Gasteiger partial charge in [0.2, 0.25) is 17.5 Å². The quantitative estimate of drug-likeness (QED) is 0.00337. The molecule has 45 heteroatoms. The van der Waals surface area contributed by atoms with E-state index in [1.54, 1.807) is 77.7 Å². The minimum atomic E-state index is -1.14. The maximum absolute atomic E-state index is 13.6. The van der Waals surface area contributed by atoms with Crippen LogP contribution in [0.3, 0.4) is 0 Å². The van der Waals surface area contributed by atoms with Gasteiger partial charge in [-0.05, 0) is 164 Å². The molecule has 8 aromatic carbocycles. The number of nitriles is 1. The molecule has 15 aromatic rings. The number of halogens is 10. The summed E-state index contributed by atoms with van der Waals surface area (Å²) in [7, 11) is -1.14. The van der Waals surface area contributed by atoms with Crippen molar-refractivity contribution in [1.82, 2.24) is 94.5 Å². The molecule has 768 valence electrons. The van der Waals surface area contributed by atoms with E-state index in [0.717, 1.165) is 155 Å². The molecule has 146 heavy (non-hydrogen) atoms. The molecule has 0 unspecified atom stereocenters. The molecule has 7 aromatic heterocycles. The normalized spacial score (nSPS) is 12.4. The van der Waals surface area contributed by atoms with Gasteiger partial charge < -0.3 is 60.5 Å². The summed E-state index contributed by atoms with van der Waals surface area (Å²) in [4.78, 5) is 71.8. The highest BCUT2D eigenvalue weighted by molar-refractivity contribution is 7.18. The first-order valence-corrected chi connectivity index (χ1v) is 51.1. The minimum Gasteiger partial charge on any atom is -0.409 e. The van der Waals surface area contributed by atoms with Gasteiger partial charge in [-0.1, -0.05) is 134 Å². The van der Waals surface area contributed by atoms with Gasteiger partial charge in [-0.2, -0.15) is 51.7 Å². The Kier molecular flexibility index (Phi) is 43.4. The van der Waals surface area contributed by atoms with E-state index in [1.807, 2.05) is 49.2 Å². The molecule has 34 nitrogen and oxygen atoms in total. The monoisotopic (exact) mass is 2070 g/mol. The number of β-amino-alcohol motifs (C(OH)–C–C–N with tert-alkyl or cyclic N) is 2. The molecule has 0 bridgehead atoms. The van der Waals surface area contributed by atoms with Crippen molar-refractivity contribution < 1.29 is 64.1 Å². The van der Waals surface area contributed by atoms with Gasteiger partial charge >= 0.3 is 17.4 Å². The number of hydrogen-bond acceptors (Lipinski definition) is 29. The number of piperazine rings is 2. The lowest BCUT2D eigenvalue weighted by molar-refractivity contribution is 0.180. The van der Waals surface area contributed by atoms with Gasteiger partial charge in [-0.3, -0.25) is 29.0 Å². The predicted molar refractivity (Wildman–Crippen MR) is 543 cm³/mol. The minimum absolute atomic E-state index is 0.0479. The van der Waals surface area contributed by atoms with Crippen LogP contribution < -0.4 is 43.9 Å². The van der Waals surface area contributed by atoms with Gasteiger partial charge in [0.05, 0.1) is 62.2 Å². The summed E-state index contributed by atoms with van der Waals surface area (Å²) in [5, 5.41) is 69.3. The number of nitrogens with two attached hydrogens (primary N) is 2. The zero-order valence-electron chi connectivity index (χ0n) is 81.2. The van der Waals surface area contributed by atoms with Crippen LogP contribution >= 0.6 is 22.7 Å². The molecule has 2 aliphatic heterocycles. The Morgan fingerprint density at radius 1 is 0.438 bits per heavy atom. The second kappa shape index (κ2) is 56.2. The number of aromatic nitrogens is 14. The van der Waals surface area contributed by atoms with Crippen LogP contribution in [0.25, 0.3) is 79.2 Å². The third-order valence-electron chi connectivity index (χ3n) is 21.5. The molecule has 2 fully saturated rings. The Balaban J connectivity index is 0.000000184. The van der Waals surface area contributed by atoms with Gasteiger partial charge in [-0.25, -0.2) is 53.9 Å². The second-order valence-electron chi connectivity index (χ2n) is 33.3. The summed E-state index contributed by atoms with van der Waals surface area (Å²) in [6.45, 7) is 31.8. The van der Waals surface area contributed by atoms with Crippen LogP contribution in [0.4, 0.5) is 47.2 Å². The summed E-state index contributed by atoms with van der Waals surface area (Å²) in [5.41, 5.74) is 17.1. The lowest BCUT2D eigenvalue weighted by Crippen LogP contribution is -2.47. The molecule has 0 aliphatic carbocycles. The fourth-order valence-electron chi connectivity index (χ4n) is 14.2. The largest absolute Gasteiger partial charge is 0.409 e. The van der Waals surface area contributed by atoms with E-state index in [-0.39, 0.29) is 117 Å². The Bertz CT molecular complexity index is 6820. The number of rotatable bonds is 26. The smallest absolute Gasteiger partial charge is 0.324 e. The van der Waals surface area contributed by atoms with Crippen LogP contribution in [0.2, 0.25) is 25.0 Å². The van der Waals surface area contributed by atoms with Crippen LogP contribution in [-0.2, 0) is 26.2 Å². The molecule has 0 saturated carbocycles. The molecule has 0 radical (unpaired) electrons. The fourth-order valence-corrected chi connectivity index (χ4v) is 14.3. The van der Waals surface area contributed by atoms with Crippen molar-refractivity contribution in [2.45, 2.75) is 80.4 Å². The summed E-state index contributed by atoms with van der Waals surface area (Å²) >= 11 is 11.3. The van der Waals surface area contributed by atoms with Gasteiger partial charge in [0.1, 0.15) is 53.9 Å². The number of oxime groups is 1. The topological polar surface area (TPSA) is 433 Å². The maximum Gasteiger partial charge on any atom is 0.324 e. The molecular formula is C101H110Cl2F8N24O10Si. The molecule has 8 N–H and O–H groups in total. The number of amidine groups is 1. The van der Waals surface area contributed by atoms with E-state index in [4.69, 9.17) is 68.4 Å². The highest BCUT2D eigenvalue weighted by Gasteiger charge is 2.24. The van der Waals surface area contributed by atoms with Gasteiger partial charge in [0.15, 0.2) is 12.0 Å². The lowest BCUT2D eigenvalue weighted by Gasteiger charge is -2.32. The van der Waals surface area contributed by atoms with Crippen molar-refractivity contribution in [3.05, 3.63) is 340 Å². The Morgan fingerprint density at radius 2 is 0.760 bits per heavy atom. The first kappa shape index (κ1) is 113. The Hall–Kier alpha value is -15.1. The summed E-state index contributed by atoms with van der Waals surface area (Å²) < 4.78 is 128. The fraction of sp³-hybridized carbons (Fsp3) is 0.287. The Labute approximate surface area is 845 Å². The average molecular weight is 2070 g/mol. The molecular weight excluding hydrogens is 1960 g/mol. The third-order valence-corrected chi connectivity index (χ3v) is 21.7. The molecule has 0 atom stereocenters. The van der Waals surface area contributed by atoms with Crippen LogP contribution in [0.15, 0.2) is 256 Å². The van der Waals surface area contributed by atoms with Crippen molar-refractivity contribution in [1.29, 1.82) is 5.26 Å². The molecule has 2 aliphatic rings. The van der Waals surface area contributed by atoms with Crippen LogP contribution in [-0.4, -0.2) is 229 Å². The molecule has 9 heterocycles. The standard InChI is InChI=1S/C25H24F2N6O3.C19H11ClF2N4O2.C19H13F2N5O2.C18H14F2N4O2.C6H14N2O.C6H15N.C5H10N2.C3H9ClSi/c26-20-13-19(14-21(27)15-20)22-4-5-23(35)33(29-22)16-17-2-1-3-18(12-17)24-28-25(36-30-24)32-8-6-31(7-9-32)10-11-34;20-19-23-18(25-28-19)12-3-1-2-11(6-12)10-26-17(27)5-4-16(24-26)13-7-14(21)9-15(22)8-13;20-14-7-13(8-15(21)9-14)16-4-5-17(27)26(24-16)10-11-2-1-3-12(6-11)18-23-19(22)28-25-18;19-14-7-13(8-15(20)9-14)16-4-5-17(25)24(22-16)10-11-2-1-3-12(6-11)18(21)23-26;9-6-5-8-3-1-7-2-4-8;1-4-7(5-2)6-3;1-3-7(4-2)5-6;1-5(2,3)4/h1-5,12-15,34H,6-11,16H2;1-9H,10H2;1-9H,10H2,(H2,22,23,25);1-9,26H,10H2,(H2,21,23);7,9H,1-6H2;4-6H2,1-3H3;3-4H2,1-2H3;1-3H3. The van der Waals surface area contributed by atoms with Gasteiger partial charge in [0.25, 0.3) is 22.2 Å². The number of anilines is 2. The number of nitrogen functional groups attached to an aromatic ring is 1.